The van der Waals surface area contributed by atoms with Gasteiger partial charge in [-0.2, -0.15) is 0 Å². The normalized spacial score (nSPS) is 13.1. The highest BCUT2D eigenvalue weighted by Crippen LogP contribution is 2.27. The van der Waals surface area contributed by atoms with Gasteiger partial charge in [0.2, 0.25) is 0 Å². The second-order valence-corrected chi connectivity index (χ2v) is 6.38. The molecule has 1 aliphatic rings. The Morgan fingerprint density at radius 3 is 2.92 bits per heavy atom. The molecule has 0 saturated carbocycles. The number of nitrogens with one attached hydrogen (secondary N) is 1. The third-order valence-corrected chi connectivity index (χ3v) is 4.55. The van der Waals surface area contributed by atoms with Crippen LogP contribution in [0.3, 0.4) is 0 Å². The fraction of sp³-hybridized carbons (Fsp3) is 0.429. The first-order chi connectivity index (χ1) is 12.4. The Kier molecular flexibility index (Phi) is 6.71. The predicted molar refractivity (Wildman–Crippen MR) is 102 cm³/mol. The average molecular weight is 340 g/mol. The standard InChI is InChI=1S/C21H28N2O2/c1-24-14-15-25-20-8-4-6-18(16-20)17-22-11-5-12-23-13-10-19-7-2-3-9-21(19)23/h2-4,6-9,16,22H,5,10-15,17H2,1H3. The van der Waals surface area contributed by atoms with Crippen molar-refractivity contribution >= 4 is 5.69 Å². The highest BCUT2D eigenvalue weighted by atomic mass is 16.5. The molecule has 1 heterocycles. The highest BCUT2D eigenvalue weighted by molar-refractivity contribution is 5.57. The molecule has 0 fully saturated rings. The molecule has 0 spiro atoms. The molecule has 1 N–H and O–H groups in total. The summed E-state index contributed by atoms with van der Waals surface area (Å²) in [6.45, 7) is 5.36. The van der Waals surface area contributed by atoms with Crippen molar-refractivity contribution in [3.05, 3.63) is 59.7 Å². The van der Waals surface area contributed by atoms with E-state index in [0.29, 0.717) is 13.2 Å². The fourth-order valence-electron chi connectivity index (χ4n) is 3.25. The van der Waals surface area contributed by atoms with Crippen LogP contribution < -0.4 is 15.0 Å². The van der Waals surface area contributed by atoms with Crippen molar-refractivity contribution in [2.24, 2.45) is 0 Å². The van der Waals surface area contributed by atoms with E-state index < -0.39 is 0 Å². The van der Waals surface area contributed by atoms with E-state index >= 15 is 0 Å². The van der Waals surface area contributed by atoms with Crippen molar-refractivity contribution in [1.82, 2.24) is 5.32 Å². The first kappa shape index (κ1) is 17.8. The van der Waals surface area contributed by atoms with Crippen LogP contribution in [0.15, 0.2) is 48.5 Å². The van der Waals surface area contributed by atoms with E-state index in [1.165, 1.54) is 23.2 Å². The molecule has 4 heteroatoms. The van der Waals surface area contributed by atoms with E-state index in [1.54, 1.807) is 7.11 Å². The largest absolute Gasteiger partial charge is 0.491 e. The second kappa shape index (κ2) is 9.44. The van der Waals surface area contributed by atoms with E-state index in [9.17, 15) is 0 Å². The summed E-state index contributed by atoms with van der Waals surface area (Å²) in [7, 11) is 1.68. The average Bonchev–Trinajstić information content (AvgIpc) is 3.05. The summed E-state index contributed by atoms with van der Waals surface area (Å²) in [5, 5.41) is 3.54. The molecule has 2 aromatic rings. The first-order valence-corrected chi connectivity index (χ1v) is 9.11. The van der Waals surface area contributed by atoms with Gasteiger partial charge >= 0.3 is 0 Å². The molecule has 0 aliphatic carbocycles. The summed E-state index contributed by atoms with van der Waals surface area (Å²) in [5.74, 6) is 0.907. The smallest absolute Gasteiger partial charge is 0.119 e. The van der Waals surface area contributed by atoms with Crippen LogP contribution in [-0.4, -0.2) is 40.0 Å². The van der Waals surface area contributed by atoms with Crippen LogP contribution in [0.4, 0.5) is 5.69 Å². The maximum atomic E-state index is 5.66. The number of methoxy groups -OCH3 is 1. The maximum absolute atomic E-state index is 5.66. The Hall–Kier alpha value is -2.04. The Balaban J connectivity index is 1.36. The van der Waals surface area contributed by atoms with Crippen molar-refractivity contribution in [2.45, 2.75) is 19.4 Å². The molecule has 2 aromatic carbocycles. The third kappa shape index (κ3) is 5.21. The molecule has 25 heavy (non-hydrogen) atoms. The summed E-state index contributed by atoms with van der Waals surface area (Å²) in [5.41, 5.74) is 4.16. The van der Waals surface area contributed by atoms with Crippen molar-refractivity contribution in [3.8, 4) is 5.75 Å². The van der Waals surface area contributed by atoms with Gasteiger partial charge in [0.1, 0.15) is 12.4 Å². The number of hydrogen-bond acceptors (Lipinski definition) is 4. The van der Waals surface area contributed by atoms with Crippen LogP contribution in [-0.2, 0) is 17.7 Å². The number of nitrogens with zero attached hydrogens (tertiary/aromatic N) is 1. The fourth-order valence-corrected chi connectivity index (χ4v) is 3.25. The van der Waals surface area contributed by atoms with Crippen molar-refractivity contribution in [2.75, 3.05) is 44.9 Å². The zero-order valence-corrected chi connectivity index (χ0v) is 15.0. The third-order valence-electron chi connectivity index (χ3n) is 4.55. The summed E-state index contributed by atoms with van der Waals surface area (Å²) >= 11 is 0. The van der Waals surface area contributed by atoms with Crippen LogP contribution in [0.2, 0.25) is 0 Å². The quantitative estimate of drug-likeness (QED) is 0.673. The monoisotopic (exact) mass is 340 g/mol. The maximum Gasteiger partial charge on any atom is 0.119 e. The van der Waals surface area contributed by atoms with E-state index in [-0.39, 0.29) is 0 Å². The Bertz CT molecular complexity index is 660. The number of rotatable bonds is 10. The highest BCUT2D eigenvalue weighted by Gasteiger charge is 2.17. The number of hydrogen-bond donors (Lipinski definition) is 1. The van der Waals surface area contributed by atoms with Crippen LogP contribution in [0.25, 0.3) is 0 Å². The minimum absolute atomic E-state index is 0.588. The van der Waals surface area contributed by atoms with Crippen molar-refractivity contribution < 1.29 is 9.47 Å². The molecule has 0 atom stereocenters. The van der Waals surface area contributed by atoms with Gasteiger partial charge in [-0.1, -0.05) is 30.3 Å². The number of para-hydroxylation sites is 1. The Morgan fingerprint density at radius 2 is 2.00 bits per heavy atom. The lowest BCUT2D eigenvalue weighted by Crippen LogP contribution is -2.25. The van der Waals surface area contributed by atoms with E-state index in [0.717, 1.165) is 38.3 Å². The first-order valence-electron chi connectivity index (χ1n) is 9.11. The second-order valence-electron chi connectivity index (χ2n) is 6.38. The Morgan fingerprint density at radius 1 is 1.08 bits per heavy atom. The van der Waals surface area contributed by atoms with Gasteiger partial charge in [-0.3, -0.25) is 0 Å². The Labute approximate surface area is 150 Å². The number of anilines is 1. The minimum atomic E-state index is 0.588. The number of fused-ring (bicyclic) bond motifs is 1. The number of benzene rings is 2. The SMILES string of the molecule is COCCOc1cccc(CNCCCN2CCc3ccccc32)c1. The molecular formula is C21H28N2O2. The van der Waals surface area contributed by atoms with Crippen LogP contribution in [0, 0.1) is 0 Å². The zero-order valence-electron chi connectivity index (χ0n) is 15.0. The molecule has 0 unspecified atom stereocenters. The van der Waals surface area contributed by atoms with Gasteiger partial charge in [0.25, 0.3) is 0 Å². The molecule has 0 bridgehead atoms. The lowest BCUT2D eigenvalue weighted by molar-refractivity contribution is 0.146. The molecule has 0 saturated heterocycles. The van der Waals surface area contributed by atoms with E-state index in [1.807, 2.05) is 12.1 Å². The zero-order chi connectivity index (χ0) is 17.3. The molecular weight excluding hydrogens is 312 g/mol. The predicted octanol–water partition coefficient (Wildman–Crippen LogP) is 3.25. The lowest BCUT2D eigenvalue weighted by Gasteiger charge is -2.19. The molecule has 0 radical (unpaired) electrons. The topological polar surface area (TPSA) is 33.7 Å². The van der Waals surface area contributed by atoms with Crippen LogP contribution in [0.5, 0.6) is 5.75 Å². The van der Waals surface area contributed by atoms with E-state index in [4.69, 9.17) is 9.47 Å². The van der Waals surface area contributed by atoms with Gasteiger partial charge in [-0.15, -0.1) is 0 Å². The van der Waals surface area contributed by atoms with Gasteiger partial charge in [-0.05, 0) is 48.7 Å². The van der Waals surface area contributed by atoms with Crippen LogP contribution in [0.1, 0.15) is 17.5 Å². The minimum Gasteiger partial charge on any atom is -0.491 e. The van der Waals surface area contributed by atoms with Gasteiger partial charge in [0.15, 0.2) is 0 Å². The summed E-state index contributed by atoms with van der Waals surface area (Å²) < 4.78 is 10.7. The van der Waals surface area contributed by atoms with Crippen LogP contribution >= 0.6 is 0 Å². The molecule has 4 nitrogen and oxygen atoms in total. The van der Waals surface area contributed by atoms with Gasteiger partial charge < -0.3 is 19.7 Å². The molecule has 0 amide bonds. The number of ether oxygens (including phenoxy) is 2. The van der Waals surface area contributed by atoms with E-state index in [2.05, 4.69) is 46.6 Å². The van der Waals surface area contributed by atoms with Gasteiger partial charge in [0.05, 0.1) is 6.61 Å². The summed E-state index contributed by atoms with van der Waals surface area (Å²) in [6, 6.07) is 17.0. The molecule has 1 aliphatic heterocycles. The van der Waals surface area contributed by atoms with Gasteiger partial charge in [-0.25, -0.2) is 0 Å². The molecule has 134 valence electrons. The van der Waals surface area contributed by atoms with Crippen molar-refractivity contribution in [3.63, 3.8) is 0 Å². The molecule has 0 aromatic heterocycles. The van der Waals surface area contributed by atoms with Gasteiger partial charge in [0, 0.05) is 32.4 Å². The van der Waals surface area contributed by atoms with Crippen molar-refractivity contribution in [1.29, 1.82) is 0 Å². The lowest BCUT2D eigenvalue weighted by atomic mass is 10.2. The summed E-state index contributed by atoms with van der Waals surface area (Å²) in [4.78, 5) is 2.50. The summed E-state index contributed by atoms with van der Waals surface area (Å²) in [6.07, 6.45) is 2.33. The molecule has 3 rings (SSSR count).